The van der Waals surface area contributed by atoms with Gasteiger partial charge in [0.1, 0.15) is 11.5 Å². The van der Waals surface area contributed by atoms with E-state index >= 15 is 0 Å². The van der Waals surface area contributed by atoms with Crippen LogP contribution in [-0.4, -0.2) is 20.8 Å². The van der Waals surface area contributed by atoms with E-state index in [1.54, 1.807) is 14.2 Å². The largest absolute Gasteiger partial charge is 0.496 e. The molecule has 3 heteroatoms. The molecule has 18 heavy (non-hydrogen) atoms. The predicted octanol–water partition coefficient (Wildman–Crippen LogP) is 2.86. The van der Waals surface area contributed by atoms with Crippen molar-refractivity contribution in [1.29, 1.82) is 0 Å². The number of rotatable bonds is 4. The van der Waals surface area contributed by atoms with Crippen molar-refractivity contribution in [3.63, 3.8) is 0 Å². The maximum Gasteiger partial charge on any atom is 0.127 e. The van der Waals surface area contributed by atoms with Crippen LogP contribution in [0.15, 0.2) is 12.1 Å². The number of ether oxygens (including phenoxy) is 2. The van der Waals surface area contributed by atoms with Crippen LogP contribution in [0, 0.1) is 0 Å². The van der Waals surface area contributed by atoms with Gasteiger partial charge in [-0.2, -0.15) is 0 Å². The van der Waals surface area contributed by atoms with Gasteiger partial charge in [-0.15, -0.1) is 0 Å². The quantitative estimate of drug-likeness (QED) is 0.890. The van der Waals surface area contributed by atoms with Crippen molar-refractivity contribution < 1.29 is 9.47 Å². The lowest BCUT2D eigenvalue weighted by molar-refractivity contribution is 0.361. The summed E-state index contributed by atoms with van der Waals surface area (Å²) in [5.41, 5.74) is 2.52. The second kappa shape index (κ2) is 5.19. The van der Waals surface area contributed by atoms with Gasteiger partial charge in [-0.05, 0) is 44.4 Å². The predicted molar refractivity (Wildman–Crippen MR) is 73.5 cm³/mol. The number of aryl methyl sites for hydroxylation is 1. The van der Waals surface area contributed by atoms with Gasteiger partial charge in [0.2, 0.25) is 0 Å². The molecule has 3 nitrogen and oxygen atoms in total. The van der Waals surface area contributed by atoms with E-state index in [-0.39, 0.29) is 5.54 Å². The zero-order valence-corrected chi connectivity index (χ0v) is 11.8. The van der Waals surface area contributed by atoms with Gasteiger partial charge in [0.15, 0.2) is 0 Å². The molecule has 0 saturated carbocycles. The van der Waals surface area contributed by atoms with Crippen molar-refractivity contribution in [2.75, 3.05) is 20.8 Å². The van der Waals surface area contributed by atoms with Crippen LogP contribution in [0.25, 0.3) is 0 Å². The lowest BCUT2D eigenvalue weighted by Gasteiger charge is -2.28. The molecule has 100 valence electrons. The Morgan fingerprint density at radius 2 is 1.94 bits per heavy atom. The van der Waals surface area contributed by atoms with Gasteiger partial charge in [-0.3, -0.25) is 0 Å². The zero-order valence-electron chi connectivity index (χ0n) is 11.8. The van der Waals surface area contributed by atoms with Gasteiger partial charge < -0.3 is 14.8 Å². The first kappa shape index (κ1) is 13.2. The van der Waals surface area contributed by atoms with E-state index in [2.05, 4.69) is 25.2 Å². The number of methoxy groups -OCH3 is 2. The first-order valence-corrected chi connectivity index (χ1v) is 6.65. The summed E-state index contributed by atoms with van der Waals surface area (Å²) in [6.45, 7) is 5.48. The molecule has 1 aliphatic heterocycles. The minimum absolute atomic E-state index is 0.0293. The number of hydrogen-bond acceptors (Lipinski definition) is 3. The molecular weight excluding hydrogens is 226 g/mol. The molecule has 1 atom stereocenters. The van der Waals surface area contributed by atoms with Crippen molar-refractivity contribution in [3.05, 3.63) is 23.3 Å². The molecule has 1 N–H and O–H groups in total. The highest BCUT2D eigenvalue weighted by atomic mass is 16.5. The summed E-state index contributed by atoms with van der Waals surface area (Å²) < 4.78 is 11.0. The summed E-state index contributed by atoms with van der Waals surface area (Å²) in [6.07, 6.45) is 3.34. The van der Waals surface area contributed by atoms with Gasteiger partial charge in [-0.25, -0.2) is 0 Å². The van der Waals surface area contributed by atoms with Crippen LogP contribution in [-0.2, 0) is 12.0 Å². The number of benzene rings is 1. The van der Waals surface area contributed by atoms with Crippen LogP contribution in [0.5, 0.6) is 11.5 Å². The fourth-order valence-corrected chi connectivity index (χ4v) is 2.80. The Kier molecular flexibility index (Phi) is 3.81. The summed E-state index contributed by atoms with van der Waals surface area (Å²) in [5, 5.41) is 3.59. The highest BCUT2D eigenvalue weighted by Gasteiger charge is 2.33. The normalized spacial score (nSPS) is 23.1. The minimum Gasteiger partial charge on any atom is -0.496 e. The van der Waals surface area contributed by atoms with E-state index in [1.807, 2.05) is 6.07 Å². The first-order chi connectivity index (χ1) is 8.64. The molecule has 1 aromatic carbocycles. The van der Waals surface area contributed by atoms with Crippen LogP contribution in [0.3, 0.4) is 0 Å². The monoisotopic (exact) mass is 249 g/mol. The van der Waals surface area contributed by atoms with Crippen LogP contribution < -0.4 is 14.8 Å². The van der Waals surface area contributed by atoms with Crippen molar-refractivity contribution in [1.82, 2.24) is 5.32 Å². The lowest BCUT2D eigenvalue weighted by Crippen LogP contribution is -2.33. The minimum atomic E-state index is 0.0293. The molecule has 1 fully saturated rings. The fraction of sp³-hybridized carbons (Fsp3) is 0.600. The Labute approximate surface area is 109 Å². The Bertz CT molecular complexity index is 423. The lowest BCUT2D eigenvalue weighted by atomic mass is 9.88. The summed E-state index contributed by atoms with van der Waals surface area (Å²) >= 11 is 0. The molecule has 1 aromatic rings. The van der Waals surface area contributed by atoms with E-state index < -0.39 is 0 Å². The molecule has 1 aliphatic rings. The number of hydrogen-bond donors (Lipinski definition) is 1. The SMILES string of the molecule is CCc1cc(C2(C)CCCN2)c(OC)cc1OC. The Balaban J connectivity index is 2.51. The molecule has 1 saturated heterocycles. The Hall–Kier alpha value is -1.22. The highest BCUT2D eigenvalue weighted by Crippen LogP contribution is 2.39. The van der Waals surface area contributed by atoms with Gasteiger partial charge >= 0.3 is 0 Å². The second-order valence-corrected chi connectivity index (χ2v) is 5.08. The van der Waals surface area contributed by atoms with Gasteiger partial charge in [0.05, 0.1) is 14.2 Å². The molecule has 0 spiro atoms. The zero-order chi connectivity index (χ0) is 13.2. The molecular formula is C15H23NO2. The van der Waals surface area contributed by atoms with Crippen LogP contribution >= 0.6 is 0 Å². The molecule has 0 bridgehead atoms. The summed E-state index contributed by atoms with van der Waals surface area (Å²) in [5.74, 6) is 1.83. The fourth-order valence-electron chi connectivity index (χ4n) is 2.80. The third-order valence-electron chi connectivity index (χ3n) is 3.95. The van der Waals surface area contributed by atoms with Crippen LogP contribution in [0.4, 0.5) is 0 Å². The average molecular weight is 249 g/mol. The van der Waals surface area contributed by atoms with Gasteiger partial charge in [0, 0.05) is 17.2 Å². The van der Waals surface area contributed by atoms with Crippen LogP contribution in [0.2, 0.25) is 0 Å². The van der Waals surface area contributed by atoms with E-state index in [1.165, 1.54) is 17.5 Å². The third kappa shape index (κ3) is 2.19. The number of nitrogens with one attached hydrogen (secondary N) is 1. The van der Waals surface area contributed by atoms with Gasteiger partial charge in [-0.1, -0.05) is 6.92 Å². The molecule has 0 amide bonds. The molecule has 1 unspecified atom stereocenters. The van der Waals surface area contributed by atoms with E-state index in [4.69, 9.17) is 9.47 Å². The van der Waals surface area contributed by atoms with Crippen molar-refractivity contribution in [3.8, 4) is 11.5 Å². The van der Waals surface area contributed by atoms with Crippen molar-refractivity contribution >= 4 is 0 Å². The summed E-state index contributed by atoms with van der Waals surface area (Å²) in [6, 6.07) is 4.25. The summed E-state index contributed by atoms with van der Waals surface area (Å²) in [4.78, 5) is 0. The molecule has 1 heterocycles. The van der Waals surface area contributed by atoms with E-state index in [9.17, 15) is 0 Å². The van der Waals surface area contributed by atoms with Crippen LogP contribution in [0.1, 0.15) is 37.8 Å². The Morgan fingerprint density at radius 1 is 1.22 bits per heavy atom. The topological polar surface area (TPSA) is 30.5 Å². The average Bonchev–Trinajstić information content (AvgIpc) is 2.85. The second-order valence-electron chi connectivity index (χ2n) is 5.08. The maximum absolute atomic E-state index is 5.54. The molecule has 0 radical (unpaired) electrons. The third-order valence-corrected chi connectivity index (χ3v) is 3.95. The standard InChI is InChI=1S/C15H23NO2/c1-5-11-9-12(15(2)7-6-8-16-15)14(18-4)10-13(11)17-3/h9-10,16H,5-8H2,1-4H3. The van der Waals surface area contributed by atoms with E-state index in [0.717, 1.165) is 30.9 Å². The van der Waals surface area contributed by atoms with Crippen molar-refractivity contribution in [2.24, 2.45) is 0 Å². The van der Waals surface area contributed by atoms with E-state index in [0.29, 0.717) is 0 Å². The smallest absolute Gasteiger partial charge is 0.127 e. The van der Waals surface area contributed by atoms with Gasteiger partial charge in [0.25, 0.3) is 0 Å². The molecule has 0 aromatic heterocycles. The molecule has 2 rings (SSSR count). The first-order valence-electron chi connectivity index (χ1n) is 6.65. The van der Waals surface area contributed by atoms with Crippen molar-refractivity contribution in [2.45, 2.75) is 38.6 Å². The highest BCUT2D eigenvalue weighted by molar-refractivity contribution is 5.49. The maximum atomic E-state index is 5.54. The Morgan fingerprint density at radius 3 is 2.44 bits per heavy atom. The molecule has 0 aliphatic carbocycles. The summed E-state index contributed by atoms with van der Waals surface area (Å²) in [7, 11) is 3.44.